The fourth-order valence-corrected chi connectivity index (χ4v) is 0.958. The van der Waals surface area contributed by atoms with Gasteiger partial charge in [0.25, 0.3) is 0 Å². The topological polar surface area (TPSA) is 44.2 Å². The molecule has 0 spiro atoms. The van der Waals surface area contributed by atoms with E-state index in [1.165, 1.54) is 38.8 Å². The van der Waals surface area contributed by atoms with Gasteiger partial charge in [-0.3, -0.25) is 0 Å². The number of quaternary nitrogens is 2. The molecule has 2 nitrogen and oxygen atoms in total. The minimum absolute atomic E-state index is 1.10. The molecule has 0 aliphatic rings. The molecule has 0 unspecified atom stereocenters. The molecule has 0 aliphatic heterocycles. The standard InChI is InChI=1S/C8H20N2/c1-2-3-7-10-8-5-4-6-9/h10H,2-9H2,1H3/p+2. The fourth-order valence-electron chi connectivity index (χ4n) is 0.958. The van der Waals surface area contributed by atoms with E-state index < -0.39 is 0 Å². The summed E-state index contributed by atoms with van der Waals surface area (Å²) >= 11 is 0. The van der Waals surface area contributed by atoms with Crippen molar-refractivity contribution >= 4 is 0 Å². The highest BCUT2D eigenvalue weighted by Crippen LogP contribution is 1.79. The van der Waals surface area contributed by atoms with Crippen molar-refractivity contribution in [2.24, 2.45) is 0 Å². The molecule has 0 radical (unpaired) electrons. The Hall–Kier alpha value is -0.0800. The zero-order chi connectivity index (χ0) is 7.66. The highest BCUT2D eigenvalue weighted by molar-refractivity contribution is 4.32. The fraction of sp³-hybridized carbons (Fsp3) is 1.00. The lowest BCUT2D eigenvalue weighted by atomic mass is 10.3. The van der Waals surface area contributed by atoms with Gasteiger partial charge in [0.1, 0.15) is 0 Å². The Balaban J connectivity index is 2.65. The van der Waals surface area contributed by atoms with Crippen LogP contribution in [0.2, 0.25) is 0 Å². The molecule has 0 amide bonds. The van der Waals surface area contributed by atoms with E-state index in [-0.39, 0.29) is 0 Å². The van der Waals surface area contributed by atoms with Crippen LogP contribution in [-0.4, -0.2) is 19.6 Å². The minimum atomic E-state index is 1.10. The summed E-state index contributed by atoms with van der Waals surface area (Å²) < 4.78 is 0. The minimum Gasteiger partial charge on any atom is -0.358 e. The van der Waals surface area contributed by atoms with Crippen LogP contribution >= 0.6 is 0 Å². The molecule has 0 saturated heterocycles. The number of unbranched alkanes of at least 4 members (excludes halogenated alkanes) is 2. The molecule has 2 heteroatoms. The third-order valence-corrected chi connectivity index (χ3v) is 1.67. The zero-order valence-corrected chi connectivity index (χ0v) is 7.23. The largest absolute Gasteiger partial charge is 0.358 e. The van der Waals surface area contributed by atoms with Crippen molar-refractivity contribution in [1.82, 2.24) is 0 Å². The molecule has 0 atom stereocenters. The molecule has 10 heavy (non-hydrogen) atoms. The van der Waals surface area contributed by atoms with E-state index in [1.54, 1.807) is 0 Å². The Kier molecular flexibility index (Phi) is 8.85. The van der Waals surface area contributed by atoms with E-state index in [1.807, 2.05) is 0 Å². The maximum Gasteiger partial charge on any atom is 0.0757 e. The smallest absolute Gasteiger partial charge is 0.0757 e. The zero-order valence-electron chi connectivity index (χ0n) is 7.23. The van der Waals surface area contributed by atoms with Crippen LogP contribution in [0.1, 0.15) is 32.6 Å². The molecule has 0 heterocycles. The summed E-state index contributed by atoms with van der Waals surface area (Å²) in [4.78, 5) is 0. The van der Waals surface area contributed by atoms with Crippen LogP contribution in [0.3, 0.4) is 0 Å². The van der Waals surface area contributed by atoms with Crippen LogP contribution in [0.4, 0.5) is 0 Å². The number of hydrogen-bond donors (Lipinski definition) is 2. The van der Waals surface area contributed by atoms with E-state index in [4.69, 9.17) is 0 Å². The van der Waals surface area contributed by atoms with Crippen molar-refractivity contribution in [3.8, 4) is 0 Å². The first-order valence-corrected chi connectivity index (χ1v) is 4.52. The summed E-state index contributed by atoms with van der Waals surface area (Å²) in [6, 6.07) is 0. The van der Waals surface area contributed by atoms with Gasteiger partial charge in [-0.05, 0) is 6.42 Å². The molecule has 0 aromatic carbocycles. The normalized spacial score (nSPS) is 10.2. The first-order valence-electron chi connectivity index (χ1n) is 4.52. The molecular weight excluding hydrogens is 124 g/mol. The van der Waals surface area contributed by atoms with Gasteiger partial charge < -0.3 is 11.1 Å². The van der Waals surface area contributed by atoms with Gasteiger partial charge in [-0.2, -0.15) is 0 Å². The maximum absolute atomic E-state index is 3.81. The Morgan fingerprint density at radius 3 is 2.40 bits per heavy atom. The number of nitrogens with two attached hydrogens (primary N) is 1. The second-order valence-electron chi connectivity index (χ2n) is 2.78. The molecule has 0 rings (SSSR count). The number of hydrogen-bond acceptors (Lipinski definition) is 0. The summed E-state index contributed by atoms with van der Waals surface area (Å²) in [6.07, 6.45) is 5.33. The lowest BCUT2D eigenvalue weighted by Crippen LogP contribution is -2.84. The van der Waals surface area contributed by atoms with Crippen LogP contribution in [0.25, 0.3) is 0 Å². The Bertz CT molecular complexity index is 47.2. The van der Waals surface area contributed by atoms with Crippen LogP contribution in [0.15, 0.2) is 0 Å². The summed E-state index contributed by atoms with van der Waals surface area (Å²) in [5, 5.41) is 2.42. The first kappa shape index (κ1) is 9.92. The van der Waals surface area contributed by atoms with E-state index in [9.17, 15) is 0 Å². The highest BCUT2D eigenvalue weighted by Gasteiger charge is 1.89. The SMILES string of the molecule is CCCC[NH2+]CCCC[NH3+]. The van der Waals surface area contributed by atoms with Crippen molar-refractivity contribution in [1.29, 1.82) is 0 Å². The molecule has 0 bridgehead atoms. The van der Waals surface area contributed by atoms with E-state index in [0.29, 0.717) is 0 Å². The van der Waals surface area contributed by atoms with Crippen molar-refractivity contribution in [2.75, 3.05) is 19.6 Å². The van der Waals surface area contributed by atoms with Crippen molar-refractivity contribution in [3.63, 3.8) is 0 Å². The Morgan fingerprint density at radius 2 is 1.80 bits per heavy atom. The van der Waals surface area contributed by atoms with Crippen LogP contribution in [0.5, 0.6) is 0 Å². The summed E-state index contributed by atoms with van der Waals surface area (Å²) in [5.74, 6) is 0. The Labute approximate surface area is 64.2 Å². The molecule has 62 valence electrons. The average Bonchev–Trinajstić information content (AvgIpc) is 1.97. The molecule has 0 aliphatic carbocycles. The third-order valence-electron chi connectivity index (χ3n) is 1.67. The summed E-state index contributed by atoms with van der Waals surface area (Å²) in [7, 11) is 0. The number of rotatable bonds is 7. The van der Waals surface area contributed by atoms with Gasteiger partial charge in [0, 0.05) is 12.8 Å². The van der Waals surface area contributed by atoms with Gasteiger partial charge in [0.2, 0.25) is 0 Å². The van der Waals surface area contributed by atoms with Crippen LogP contribution in [0, 0.1) is 0 Å². The van der Waals surface area contributed by atoms with E-state index in [0.717, 1.165) is 6.54 Å². The van der Waals surface area contributed by atoms with Gasteiger partial charge >= 0.3 is 0 Å². The van der Waals surface area contributed by atoms with Gasteiger partial charge in [0.15, 0.2) is 0 Å². The molecule has 0 fully saturated rings. The van der Waals surface area contributed by atoms with Gasteiger partial charge in [-0.25, -0.2) is 0 Å². The van der Waals surface area contributed by atoms with Crippen LogP contribution in [-0.2, 0) is 0 Å². The second-order valence-corrected chi connectivity index (χ2v) is 2.78. The molecule has 5 N–H and O–H groups in total. The predicted molar refractivity (Wildman–Crippen MR) is 43.6 cm³/mol. The first-order chi connectivity index (χ1) is 4.91. The third kappa shape index (κ3) is 7.92. The van der Waals surface area contributed by atoms with Crippen molar-refractivity contribution in [2.45, 2.75) is 32.6 Å². The monoisotopic (exact) mass is 146 g/mol. The molecular formula is C8H22N2+2. The quantitative estimate of drug-likeness (QED) is 0.449. The highest BCUT2D eigenvalue weighted by atomic mass is 14.8. The lowest BCUT2D eigenvalue weighted by molar-refractivity contribution is -0.655. The maximum atomic E-state index is 3.81. The molecule has 0 aromatic heterocycles. The van der Waals surface area contributed by atoms with E-state index >= 15 is 0 Å². The van der Waals surface area contributed by atoms with Crippen molar-refractivity contribution < 1.29 is 11.1 Å². The van der Waals surface area contributed by atoms with Crippen LogP contribution < -0.4 is 11.1 Å². The van der Waals surface area contributed by atoms with E-state index in [2.05, 4.69) is 18.0 Å². The average molecular weight is 146 g/mol. The Morgan fingerprint density at radius 1 is 1.10 bits per heavy atom. The lowest BCUT2D eigenvalue weighted by Gasteiger charge is -1.97. The molecule has 0 aromatic rings. The summed E-state index contributed by atoms with van der Waals surface area (Å²) in [6.45, 7) is 5.95. The second kappa shape index (κ2) is 8.92. The molecule has 0 saturated carbocycles. The summed E-state index contributed by atoms with van der Waals surface area (Å²) in [5.41, 5.74) is 3.81. The van der Waals surface area contributed by atoms with Gasteiger partial charge in [0.05, 0.1) is 19.6 Å². The van der Waals surface area contributed by atoms with Gasteiger partial charge in [-0.1, -0.05) is 13.3 Å². The predicted octanol–water partition coefficient (Wildman–Crippen LogP) is -0.628. The van der Waals surface area contributed by atoms with Crippen molar-refractivity contribution in [3.05, 3.63) is 0 Å². The van der Waals surface area contributed by atoms with Gasteiger partial charge in [-0.15, -0.1) is 0 Å².